The Bertz CT molecular complexity index is 767. The summed E-state index contributed by atoms with van der Waals surface area (Å²) in [5.41, 5.74) is 0.897. The topological polar surface area (TPSA) is 88.2 Å². The third kappa shape index (κ3) is 5.59. The lowest BCUT2D eigenvalue weighted by molar-refractivity contribution is -0.126. The van der Waals surface area contributed by atoms with Gasteiger partial charge in [-0.2, -0.15) is 17.0 Å². The van der Waals surface area contributed by atoms with Gasteiger partial charge in [-0.15, -0.1) is 0 Å². The smallest absolute Gasteiger partial charge is 0.281 e. The highest BCUT2D eigenvalue weighted by molar-refractivity contribution is 7.86. The molecule has 0 aliphatic carbocycles. The minimum Gasteiger partial charge on any atom is -0.490 e. The second-order valence-electron chi connectivity index (χ2n) is 6.85. The van der Waals surface area contributed by atoms with Crippen LogP contribution in [0.2, 0.25) is 0 Å². The molecule has 0 saturated carbocycles. The molecule has 1 aromatic rings. The normalized spacial score (nSPS) is 18.1. The fourth-order valence-electron chi connectivity index (χ4n) is 3.14. The van der Waals surface area contributed by atoms with E-state index in [4.69, 9.17) is 9.47 Å². The Labute approximate surface area is 168 Å². The minimum absolute atomic E-state index is 0.134. The zero-order valence-electron chi connectivity index (χ0n) is 17.1. The number of carbonyl (C=O) groups is 1. The van der Waals surface area contributed by atoms with Gasteiger partial charge in [0.1, 0.15) is 0 Å². The first kappa shape index (κ1) is 22.4. The van der Waals surface area contributed by atoms with E-state index in [0.717, 1.165) is 5.56 Å². The maximum Gasteiger partial charge on any atom is 0.281 e. The first-order valence-electron chi connectivity index (χ1n) is 9.63. The van der Waals surface area contributed by atoms with Gasteiger partial charge in [0, 0.05) is 33.7 Å². The summed E-state index contributed by atoms with van der Waals surface area (Å²) in [6.07, 6.45) is 1.35. The number of carbonyl (C=O) groups excluding carboxylic acids is 1. The molecule has 1 N–H and O–H groups in total. The highest BCUT2D eigenvalue weighted by Gasteiger charge is 2.33. The van der Waals surface area contributed by atoms with E-state index in [1.54, 1.807) is 0 Å². The van der Waals surface area contributed by atoms with Gasteiger partial charge >= 0.3 is 0 Å². The number of hydrogen-bond acceptors (Lipinski definition) is 5. The lowest BCUT2D eigenvalue weighted by Crippen LogP contribution is -2.48. The van der Waals surface area contributed by atoms with E-state index in [1.807, 2.05) is 32.0 Å². The van der Waals surface area contributed by atoms with Crippen molar-refractivity contribution < 1.29 is 22.7 Å². The van der Waals surface area contributed by atoms with Crippen LogP contribution in [0.3, 0.4) is 0 Å². The van der Waals surface area contributed by atoms with Crippen molar-refractivity contribution in [2.24, 2.45) is 5.92 Å². The Kier molecular flexibility index (Phi) is 8.09. The molecule has 0 radical (unpaired) electrons. The second-order valence-corrected chi connectivity index (χ2v) is 8.99. The average Bonchev–Trinajstić information content (AvgIpc) is 2.68. The van der Waals surface area contributed by atoms with Gasteiger partial charge in [0.15, 0.2) is 11.5 Å². The molecule has 1 fully saturated rings. The van der Waals surface area contributed by atoms with Crippen LogP contribution in [0.4, 0.5) is 0 Å². The first-order chi connectivity index (χ1) is 13.3. The molecule has 8 nitrogen and oxygen atoms in total. The lowest BCUT2D eigenvalue weighted by atomic mass is 9.98. The molecule has 28 heavy (non-hydrogen) atoms. The SMILES string of the molecule is CCOc1ccc(CNC(=O)[C@H]2CCCN(S(=O)(=O)N(C)C)C2)cc1OCC. The molecule has 0 bridgehead atoms. The summed E-state index contributed by atoms with van der Waals surface area (Å²) in [7, 11) is -0.498. The van der Waals surface area contributed by atoms with Crippen LogP contribution in [0, 0.1) is 5.92 Å². The maximum atomic E-state index is 12.6. The number of amides is 1. The highest BCUT2D eigenvalue weighted by Crippen LogP contribution is 2.28. The monoisotopic (exact) mass is 413 g/mol. The van der Waals surface area contributed by atoms with Crippen LogP contribution in [-0.2, 0) is 21.5 Å². The average molecular weight is 414 g/mol. The first-order valence-corrected chi connectivity index (χ1v) is 11.0. The summed E-state index contributed by atoms with van der Waals surface area (Å²) in [5, 5.41) is 2.92. The number of benzene rings is 1. The van der Waals surface area contributed by atoms with Crippen LogP contribution < -0.4 is 14.8 Å². The number of ether oxygens (including phenoxy) is 2. The fourth-order valence-corrected chi connectivity index (χ4v) is 4.33. The van der Waals surface area contributed by atoms with Gasteiger partial charge in [-0.25, -0.2) is 0 Å². The van der Waals surface area contributed by atoms with E-state index < -0.39 is 10.2 Å². The van der Waals surface area contributed by atoms with Gasteiger partial charge in [0.2, 0.25) is 5.91 Å². The predicted molar refractivity (Wildman–Crippen MR) is 108 cm³/mol. The summed E-state index contributed by atoms with van der Waals surface area (Å²) in [4.78, 5) is 12.6. The number of nitrogens with one attached hydrogen (secondary N) is 1. The lowest BCUT2D eigenvalue weighted by Gasteiger charge is -2.32. The van der Waals surface area contributed by atoms with Gasteiger partial charge < -0.3 is 14.8 Å². The molecule has 9 heteroatoms. The summed E-state index contributed by atoms with van der Waals surface area (Å²) in [6, 6.07) is 5.58. The summed E-state index contributed by atoms with van der Waals surface area (Å²) in [5.74, 6) is 0.844. The van der Waals surface area contributed by atoms with E-state index >= 15 is 0 Å². The number of rotatable bonds is 9. The molecular formula is C19H31N3O5S. The molecule has 0 spiro atoms. The Hall–Kier alpha value is -1.84. The Morgan fingerprint density at radius 1 is 1.21 bits per heavy atom. The molecule has 1 aliphatic heterocycles. The molecule has 0 aromatic heterocycles. The molecule has 1 heterocycles. The van der Waals surface area contributed by atoms with Crippen LogP contribution >= 0.6 is 0 Å². The minimum atomic E-state index is -3.50. The number of piperidine rings is 1. The molecule has 0 unspecified atom stereocenters. The Morgan fingerprint density at radius 2 is 1.89 bits per heavy atom. The number of nitrogens with zero attached hydrogens (tertiary/aromatic N) is 2. The van der Waals surface area contributed by atoms with Crippen molar-refractivity contribution in [1.29, 1.82) is 0 Å². The molecule has 158 valence electrons. The number of hydrogen-bond donors (Lipinski definition) is 1. The van der Waals surface area contributed by atoms with Gasteiger partial charge in [-0.05, 0) is 44.4 Å². The van der Waals surface area contributed by atoms with Crippen molar-refractivity contribution in [1.82, 2.24) is 13.9 Å². The van der Waals surface area contributed by atoms with E-state index in [1.165, 1.54) is 22.7 Å². The van der Waals surface area contributed by atoms with E-state index in [0.29, 0.717) is 50.6 Å². The van der Waals surface area contributed by atoms with Crippen molar-refractivity contribution in [2.75, 3.05) is 40.4 Å². The summed E-state index contributed by atoms with van der Waals surface area (Å²) < 4.78 is 38.3. The zero-order chi connectivity index (χ0) is 20.7. The van der Waals surface area contributed by atoms with Gasteiger partial charge in [0.25, 0.3) is 10.2 Å². The van der Waals surface area contributed by atoms with Crippen LogP contribution in [0.1, 0.15) is 32.3 Å². The molecule has 1 atom stereocenters. The van der Waals surface area contributed by atoms with Crippen LogP contribution in [0.25, 0.3) is 0 Å². The highest BCUT2D eigenvalue weighted by atomic mass is 32.2. The second kappa shape index (κ2) is 10.1. The molecule has 1 saturated heterocycles. The van der Waals surface area contributed by atoms with E-state index in [2.05, 4.69) is 5.32 Å². The van der Waals surface area contributed by atoms with Crippen molar-refractivity contribution in [2.45, 2.75) is 33.2 Å². The molecule has 1 amide bonds. The van der Waals surface area contributed by atoms with Crippen LogP contribution in [-0.4, -0.2) is 63.3 Å². The molecule has 2 rings (SSSR count). The Morgan fingerprint density at radius 3 is 2.54 bits per heavy atom. The summed E-state index contributed by atoms with van der Waals surface area (Å²) in [6.45, 7) is 5.88. The largest absolute Gasteiger partial charge is 0.490 e. The predicted octanol–water partition coefficient (Wildman–Crippen LogP) is 1.62. The Balaban J connectivity index is 1.99. The zero-order valence-corrected chi connectivity index (χ0v) is 17.9. The third-order valence-corrected chi connectivity index (χ3v) is 6.52. The third-order valence-electron chi connectivity index (χ3n) is 4.62. The van der Waals surface area contributed by atoms with Crippen molar-refractivity contribution >= 4 is 16.1 Å². The standard InChI is InChI=1S/C19H31N3O5S/c1-5-26-17-10-9-15(12-18(17)27-6-2)13-20-19(23)16-8-7-11-22(14-16)28(24,25)21(3)4/h9-10,12,16H,5-8,11,13-14H2,1-4H3,(H,20,23)/t16-/m0/s1. The van der Waals surface area contributed by atoms with Crippen LogP contribution in [0.15, 0.2) is 18.2 Å². The van der Waals surface area contributed by atoms with Crippen LogP contribution in [0.5, 0.6) is 11.5 Å². The molecule has 1 aromatic carbocycles. The molecular weight excluding hydrogens is 382 g/mol. The quantitative estimate of drug-likeness (QED) is 0.665. The van der Waals surface area contributed by atoms with Gasteiger partial charge in [-0.3, -0.25) is 4.79 Å². The van der Waals surface area contributed by atoms with E-state index in [-0.39, 0.29) is 18.4 Å². The van der Waals surface area contributed by atoms with E-state index in [9.17, 15) is 13.2 Å². The van der Waals surface area contributed by atoms with Gasteiger partial charge in [-0.1, -0.05) is 6.07 Å². The van der Waals surface area contributed by atoms with Gasteiger partial charge in [0.05, 0.1) is 19.1 Å². The summed E-state index contributed by atoms with van der Waals surface area (Å²) >= 11 is 0. The maximum absolute atomic E-state index is 12.6. The van der Waals surface area contributed by atoms with Crippen molar-refractivity contribution in [3.63, 3.8) is 0 Å². The fraction of sp³-hybridized carbons (Fsp3) is 0.632. The van der Waals surface area contributed by atoms with Crippen molar-refractivity contribution in [3.8, 4) is 11.5 Å². The molecule has 1 aliphatic rings. The van der Waals surface area contributed by atoms with Crippen molar-refractivity contribution in [3.05, 3.63) is 23.8 Å².